The number of rotatable bonds is 6. The van der Waals surface area contributed by atoms with Crippen molar-refractivity contribution < 1.29 is 79.0 Å². The van der Waals surface area contributed by atoms with E-state index in [0.717, 1.165) is 0 Å². The van der Waals surface area contributed by atoms with Gasteiger partial charge in [0, 0.05) is 0 Å². The average molecular weight is 714 g/mol. The zero-order valence-electron chi connectivity index (χ0n) is 21.5. The molecule has 0 radical (unpaired) electrons. The van der Waals surface area contributed by atoms with Crippen LogP contribution in [0.2, 0.25) is 0 Å². The standard InChI is InChI=1S/C24F18N6/c25-1-3(27)7(31)19(8(32)4(1)28)43-45-21-11(35)15(39)23(16(40)12(21)36)47-48-24-17(41)13(37)22(14(38)18(24)42)46-44-20-9(33)5(29)2(26)6(30)10(20)34. The van der Waals surface area contributed by atoms with Gasteiger partial charge in [-0.1, -0.05) is 0 Å². The van der Waals surface area contributed by atoms with Gasteiger partial charge in [0.2, 0.25) is 11.6 Å². The summed E-state index contributed by atoms with van der Waals surface area (Å²) in [6, 6.07) is 0. The fraction of sp³-hybridized carbons (Fsp3) is 0. The molecule has 0 aromatic heterocycles. The van der Waals surface area contributed by atoms with Crippen molar-refractivity contribution in [1.82, 2.24) is 0 Å². The van der Waals surface area contributed by atoms with E-state index in [2.05, 4.69) is 30.7 Å². The molecule has 0 amide bonds. The summed E-state index contributed by atoms with van der Waals surface area (Å²) in [5, 5.41) is 14.1. The topological polar surface area (TPSA) is 74.2 Å². The Morgan fingerprint density at radius 2 is 0.229 bits per heavy atom. The van der Waals surface area contributed by atoms with Gasteiger partial charge in [0.1, 0.15) is 0 Å². The van der Waals surface area contributed by atoms with Gasteiger partial charge in [-0.25, -0.2) is 79.0 Å². The average Bonchev–Trinajstić information content (AvgIpc) is 3.06. The summed E-state index contributed by atoms with van der Waals surface area (Å²) in [4.78, 5) is 0. The fourth-order valence-electron chi connectivity index (χ4n) is 3.23. The van der Waals surface area contributed by atoms with E-state index in [1.54, 1.807) is 0 Å². The van der Waals surface area contributed by atoms with Crippen LogP contribution in [0.15, 0.2) is 30.7 Å². The van der Waals surface area contributed by atoms with Crippen molar-refractivity contribution in [3.8, 4) is 0 Å². The molecule has 48 heavy (non-hydrogen) atoms. The molecule has 0 saturated heterocycles. The highest BCUT2D eigenvalue weighted by atomic mass is 19.2. The number of hydrogen-bond acceptors (Lipinski definition) is 6. The molecule has 0 aliphatic carbocycles. The predicted molar refractivity (Wildman–Crippen MR) is 118 cm³/mol. The Morgan fingerprint density at radius 1 is 0.146 bits per heavy atom. The van der Waals surface area contributed by atoms with Crippen molar-refractivity contribution in [3.05, 3.63) is 105 Å². The van der Waals surface area contributed by atoms with Gasteiger partial charge in [-0.05, 0) is 0 Å². The lowest BCUT2D eigenvalue weighted by Crippen LogP contribution is -2.00. The first-order chi connectivity index (χ1) is 22.3. The lowest BCUT2D eigenvalue weighted by Gasteiger charge is -2.07. The van der Waals surface area contributed by atoms with Gasteiger partial charge < -0.3 is 0 Å². The molecule has 24 heteroatoms. The third kappa shape index (κ3) is 5.65. The van der Waals surface area contributed by atoms with E-state index in [1.165, 1.54) is 0 Å². The van der Waals surface area contributed by atoms with Gasteiger partial charge >= 0.3 is 0 Å². The molecular formula is C24F18N6. The monoisotopic (exact) mass is 714 g/mol. The van der Waals surface area contributed by atoms with Crippen LogP contribution in [0.5, 0.6) is 0 Å². The summed E-state index contributed by atoms with van der Waals surface area (Å²) >= 11 is 0. The number of nitrogens with zero attached hydrogens (tertiary/aromatic N) is 6. The Kier molecular flexibility index (Phi) is 9.48. The van der Waals surface area contributed by atoms with Gasteiger partial charge in [0.05, 0.1) is 0 Å². The molecule has 0 aliphatic heterocycles. The van der Waals surface area contributed by atoms with Crippen molar-refractivity contribution in [2.75, 3.05) is 0 Å². The number of halogens is 18. The molecule has 0 heterocycles. The predicted octanol–water partition coefficient (Wildman–Crippen LogP) is 11.4. The smallest absolute Gasteiger partial charge is 0.200 e. The molecule has 0 bridgehead atoms. The van der Waals surface area contributed by atoms with Gasteiger partial charge in [0.25, 0.3) is 0 Å². The highest BCUT2D eigenvalue weighted by Gasteiger charge is 2.31. The minimum atomic E-state index is -2.71. The minimum Gasteiger partial charge on any atom is -0.201 e. The Hall–Kier alpha value is -5.58. The first kappa shape index (κ1) is 35.3. The molecule has 252 valence electrons. The van der Waals surface area contributed by atoms with Gasteiger partial charge in [-0.3, -0.25) is 0 Å². The Bertz CT molecular complexity index is 1870. The lowest BCUT2D eigenvalue weighted by atomic mass is 10.2. The van der Waals surface area contributed by atoms with Gasteiger partial charge in [-0.15, -0.1) is 30.7 Å². The second kappa shape index (κ2) is 12.9. The van der Waals surface area contributed by atoms with E-state index in [9.17, 15) is 79.0 Å². The zero-order chi connectivity index (χ0) is 36.1. The zero-order valence-corrected chi connectivity index (χ0v) is 21.5. The molecular weight excluding hydrogens is 714 g/mol. The van der Waals surface area contributed by atoms with Crippen LogP contribution >= 0.6 is 0 Å². The molecule has 0 atom stereocenters. The summed E-state index contributed by atoms with van der Waals surface area (Å²) in [6.45, 7) is 0. The maximum absolute atomic E-state index is 14.4. The Balaban J connectivity index is 1.76. The summed E-state index contributed by atoms with van der Waals surface area (Å²) in [6.07, 6.45) is 0. The second-order valence-corrected chi connectivity index (χ2v) is 8.34. The van der Waals surface area contributed by atoms with Crippen LogP contribution in [0.25, 0.3) is 0 Å². The molecule has 0 N–H and O–H groups in total. The van der Waals surface area contributed by atoms with Gasteiger partial charge in [-0.2, -0.15) is 0 Å². The number of benzene rings is 4. The summed E-state index contributed by atoms with van der Waals surface area (Å²) in [5.74, 6) is -48.2. The van der Waals surface area contributed by atoms with Crippen molar-refractivity contribution in [3.63, 3.8) is 0 Å². The van der Waals surface area contributed by atoms with Crippen LogP contribution in [0.3, 0.4) is 0 Å². The maximum Gasteiger partial charge on any atom is 0.200 e. The maximum atomic E-state index is 14.4. The highest BCUT2D eigenvalue weighted by Crippen LogP contribution is 2.41. The number of azo groups is 3. The van der Waals surface area contributed by atoms with Crippen molar-refractivity contribution >= 4 is 34.1 Å². The van der Waals surface area contributed by atoms with Crippen LogP contribution in [0.4, 0.5) is 113 Å². The molecule has 0 unspecified atom stereocenters. The molecule has 0 spiro atoms. The first-order valence-electron chi connectivity index (χ1n) is 11.3. The SMILES string of the molecule is Fc1c(F)c(F)c(N=Nc2c(F)c(F)c(N=Nc3c(F)c(F)c(N=Nc4c(F)c(F)c(F)c(F)c4F)c(F)c3F)c(F)c2F)c(F)c1F. The molecule has 0 aliphatic rings. The van der Waals surface area contributed by atoms with Crippen LogP contribution < -0.4 is 0 Å². The van der Waals surface area contributed by atoms with E-state index in [0.29, 0.717) is 0 Å². The summed E-state index contributed by atoms with van der Waals surface area (Å²) in [5.41, 5.74) is -13.4. The van der Waals surface area contributed by atoms with Crippen LogP contribution in [0, 0.1) is 105 Å². The van der Waals surface area contributed by atoms with Crippen LogP contribution in [0.1, 0.15) is 0 Å². The fourth-order valence-corrected chi connectivity index (χ4v) is 3.23. The lowest BCUT2D eigenvalue weighted by molar-refractivity contribution is 0.380. The Labute approximate surface area is 249 Å². The van der Waals surface area contributed by atoms with E-state index < -0.39 is 139 Å². The van der Waals surface area contributed by atoms with Crippen molar-refractivity contribution in [2.45, 2.75) is 0 Å². The molecule has 6 nitrogen and oxygen atoms in total. The molecule has 0 saturated carbocycles. The third-order valence-electron chi connectivity index (χ3n) is 5.56. The first-order valence-corrected chi connectivity index (χ1v) is 11.3. The van der Waals surface area contributed by atoms with E-state index >= 15 is 0 Å². The number of hydrogen-bond donors (Lipinski definition) is 0. The van der Waals surface area contributed by atoms with Crippen molar-refractivity contribution in [2.24, 2.45) is 30.7 Å². The molecule has 0 fully saturated rings. The molecule has 4 aromatic carbocycles. The molecule has 4 aromatic rings. The molecule has 4 rings (SSSR count). The highest BCUT2D eigenvalue weighted by molar-refractivity contribution is 5.56. The van der Waals surface area contributed by atoms with E-state index in [-0.39, 0.29) is 0 Å². The quantitative estimate of drug-likeness (QED) is 0.0826. The largest absolute Gasteiger partial charge is 0.201 e. The second-order valence-electron chi connectivity index (χ2n) is 8.34. The summed E-state index contributed by atoms with van der Waals surface area (Å²) in [7, 11) is 0. The third-order valence-corrected chi connectivity index (χ3v) is 5.56. The van der Waals surface area contributed by atoms with E-state index in [4.69, 9.17) is 0 Å². The summed E-state index contributed by atoms with van der Waals surface area (Å²) < 4.78 is 250. The van der Waals surface area contributed by atoms with Crippen LogP contribution in [-0.2, 0) is 0 Å². The van der Waals surface area contributed by atoms with Crippen LogP contribution in [-0.4, -0.2) is 0 Å². The Morgan fingerprint density at radius 3 is 0.354 bits per heavy atom. The minimum absolute atomic E-state index is 2.18. The normalized spacial score (nSPS) is 12.1. The van der Waals surface area contributed by atoms with Crippen molar-refractivity contribution in [1.29, 1.82) is 0 Å². The van der Waals surface area contributed by atoms with Gasteiger partial charge in [0.15, 0.2) is 127 Å². The van der Waals surface area contributed by atoms with E-state index in [1.807, 2.05) is 0 Å².